The molecule has 1 atom stereocenters. The van der Waals surface area contributed by atoms with E-state index in [0.717, 1.165) is 19.1 Å². The molecule has 3 heteroatoms. The fourth-order valence-corrected chi connectivity index (χ4v) is 3.03. The molecular weight excluding hydrogens is 278 g/mol. The number of rotatable bonds is 4. The molecule has 0 amide bonds. The molecule has 1 unspecified atom stereocenters. The van der Waals surface area contributed by atoms with Crippen LogP contribution in [0.5, 0.6) is 0 Å². The Morgan fingerprint density at radius 3 is 2.71 bits per heavy atom. The van der Waals surface area contributed by atoms with Gasteiger partial charge in [-0.3, -0.25) is 0 Å². The quantitative estimate of drug-likeness (QED) is 0.918. The summed E-state index contributed by atoms with van der Waals surface area (Å²) in [4.78, 5) is 0. The van der Waals surface area contributed by atoms with Crippen molar-refractivity contribution in [1.82, 2.24) is 5.32 Å². The minimum absolute atomic E-state index is 0.439. The highest BCUT2D eigenvalue weighted by Gasteiger charge is 2.20. The zero-order chi connectivity index (χ0) is 12.1. The van der Waals surface area contributed by atoms with Gasteiger partial charge in [0.05, 0.1) is 0 Å². The highest BCUT2D eigenvalue weighted by Crippen LogP contribution is 2.31. The lowest BCUT2D eigenvalue weighted by Crippen LogP contribution is -2.24. The van der Waals surface area contributed by atoms with Crippen molar-refractivity contribution in [2.45, 2.75) is 25.3 Å². The van der Waals surface area contributed by atoms with Crippen molar-refractivity contribution in [1.29, 1.82) is 0 Å². The van der Waals surface area contributed by atoms with Crippen molar-refractivity contribution in [3.63, 3.8) is 0 Å². The van der Waals surface area contributed by atoms with Crippen LogP contribution in [0, 0.1) is 5.92 Å². The number of halogens is 1. The minimum Gasteiger partial charge on any atom is -0.381 e. The molecular formula is C14H20BrNO. The van der Waals surface area contributed by atoms with Crippen molar-refractivity contribution in [2.75, 3.05) is 20.3 Å². The molecule has 1 saturated heterocycles. The summed E-state index contributed by atoms with van der Waals surface area (Å²) in [7, 11) is 2.05. The lowest BCUT2D eigenvalue weighted by molar-refractivity contribution is 0.0608. The molecule has 0 spiro atoms. The molecule has 1 fully saturated rings. The minimum atomic E-state index is 0.439. The Labute approximate surface area is 112 Å². The number of ether oxygens (including phenoxy) is 1. The first-order valence-corrected chi connectivity index (χ1v) is 7.10. The zero-order valence-electron chi connectivity index (χ0n) is 10.3. The number of benzene rings is 1. The normalized spacial score (nSPS) is 19.2. The average molecular weight is 298 g/mol. The van der Waals surface area contributed by atoms with E-state index in [1.54, 1.807) is 0 Å². The molecule has 1 heterocycles. The van der Waals surface area contributed by atoms with Crippen molar-refractivity contribution >= 4 is 15.9 Å². The van der Waals surface area contributed by atoms with Crippen LogP contribution < -0.4 is 5.32 Å². The maximum Gasteiger partial charge on any atom is 0.0468 e. The Morgan fingerprint density at radius 1 is 1.35 bits per heavy atom. The van der Waals surface area contributed by atoms with E-state index in [0.29, 0.717) is 6.04 Å². The van der Waals surface area contributed by atoms with E-state index < -0.39 is 0 Å². The summed E-state index contributed by atoms with van der Waals surface area (Å²) >= 11 is 3.64. The van der Waals surface area contributed by atoms with E-state index in [2.05, 4.69) is 45.5 Å². The number of nitrogens with one attached hydrogen (secondary N) is 1. The molecule has 1 N–H and O–H groups in total. The summed E-state index contributed by atoms with van der Waals surface area (Å²) in [5.74, 6) is 0.785. The van der Waals surface area contributed by atoms with Gasteiger partial charge in [0.1, 0.15) is 0 Å². The molecule has 17 heavy (non-hydrogen) atoms. The third kappa shape index (κ3) is 3.54. The lowest BCUT2D eigenvalue weighted by Gasteiger charge is -2.27. The van der Waals surface area contributed by atoms with E-state index in [-0.39, 0.29) is 0 Å². The average Bonchev–Trinajstić information content (AvgIpc) is 2.38. The van der Waals surface area contributed by atoms with E-state index in [9.17, 15) is 0 Å². The summed E-state index contributed by atoms with van der Waals surface area (Å²) < 4.78 is 6.62. The predicted molar refractivity (Wildman–Crippen MR) is 74.1 cm³/mol. The van der Waals surface area contributed by atoms with Crippen LogP contribution in [-0.2, 0) is 4.74 Å². The Morgan fingerprint density at radius 2 is 2.06 bits per heavy atom. The summed E-state index contributed by atoms with van der Waals surface area (Å²) in [6.07, 6.45) is 3.59. The first-order valence-electron chi connectivity index (χ1n) is 6.30. The van der Waals surface area contributed by atoms with Gasteiger partial charge in [-0.15, -0.1) is 0 Å². The van der Waals surface area contributed by atoms with Crippen molar-refractivity contribution in [3.05, 3.63) is 34.3 Å². The van der Waals surface area contributed by atoms with Gasteiger partial charge in [0, 0.05) is 23.7 Å². The maximum absolute atomic E-state index is 5.41. The fraction of sp³-hybridized carbons (Fsp3) is 0.571. The molecule has 1 aromatic rings. The topological polar surface area (TPSA) is 21.3 Å². The Hall–Kier alpha value is -0.380. The van der Waals surface area contributed by atoms with Gasteiger partial charge in [-0.2, -0.15) is 0 Å². The van der Waals surface area contributed by atoms with E-state index in [1.165, 1.54) is 29.3 Å². The molecule has 0 saturated carbocycles. The Balaban J connectivity index is 2.03. The number of hydrogen-bond donors (Lipinski definition) is 1. The summed E-state index contributed by atoms with van der Waals surface area (Å²) in [6, 6.07) is 8.92. The third-order valence-corrected chi connectivity index (χ3v) is 4.26. The van der Waals surface area contributed by atoms with Crippen LogP contribution >= 0.6 is 15.9 Å². The highest BCUT2D eigenvalue weighted by molar-refractivity contribution is 9.10. The second-order valence-electron chi connectivity index (χ2n) is 4.65. The number of hydrogen-bond acceptors (Lipinski definition) is 2. The molecule has 0 bridgehead atoms. The molecule has 1 aliphatic rings. The monoisotopic (exact) mass is 297 g/mol. The van der Waals surface area contributed by atoms with Gasteiger partial charge in [0.15, 0.2) is 0 Å². The van der Waals surface area contributed by atoms with Gasteiger partial charge in [-0.1, -0.05) is 34.1 Å². The largest absolute Gasteiger partial charge is 0.381 e. The van der Waals surface area contributed by atoms with Crippen molar-refractivity contribution < 1.29 is 4.74 Å². The van der Waals surface area contributed by atoms with E-state index in [4.69, 9.17) is 4.74 Å². The molecule has 1 aliphatic heterocycles. The van der Waals surface area contributed by atoms with Crippen LogP contribution in [0.2, 0.25) is 0 Å². The van der Waals surface area contributed by atoms with E-state index >= 15 is 0 Å². The fourth-order valence-electron chi connectivity index (χ4n) is 2.47. The summed E-state index contributed by atoms with van der Waals surface area (Å²) in [5, 5.41) is 3.44. The highest BCUT2D eigenvalue weighted by atomic mass is 79.9. The smallest absolute Gasteiger partial charge is 0.0468 e. The van der Waals surface area contributed by atoms with Crippen LogP contribution in [0.15, 0.2) is 28.7 Å². The molecule has 1 aromatic carbocycles. The summed E-state index contributed by atoms with van der Waals surface area (Å²) in [5.41, 5.74) is 1.36. The molecule has 0 aromatic heterocycles. The van der Waals surface area contributed by atoms with Crippen LogP contribution in [-0.4, -0.2) is 20.3 Å². The van der Waals surface area contributed by atoms with E-state index in [1.807, 2.05) is 7.05 Å². The maximum atomic E-state index is 5.41. The van der Waals surface area contributed by atoms with Gasteiger partial charge >= 0.3 is 0 Å². The molecule has 2 nitrogen and oxygen atoms in total. The van der Waals surface area contributed by atoms with Gasteiger partial charge in [-0.05, 0) is 43.9 Å². The standard InChI is InChI=1S/C14H20BrNO/c1-16-14(10-11-6-8-17-9-7-11)12-4-2-3-5-13(12)15/h2-5,11,14,16H,6-10H2,1H3. The first-order chi connectivity index (χ1) is 8.31. The second-order valence-corrected chi connectivity index (χ2v) is 5.51. The molecule has 2 rings (SSSR count). The van der Waals surface area contributed by atoms with Crippen LogP contribution in [0.3, 0.4) is 0 Å². The van der Waals surface area contributed by atoms with Gasteiger partial charge in [0.25, 0.3) is 0 Å². The second kappa shape index (κ2) is 6.53. The Kier molecular flexibility index (Phi) is 5.01. The van der Waals surface area contributed by atoms with Crippen LogP contribution in [0.4, 0.5) is 0 Å². The zero-order valence-corrected chi connectivity index (χ0v) is 11.9. The third-order valence-electron chi connectivity index (χ3n) is 3.54. The first kappa shape index (κ1) is 13.1. The van der Waals surface area contributed by atoms with Crippen molar-refractivity contribution in [2.24, 2.45) is 5.92 Å². The van der Waals surface area contributed by atoms with Gasteiger partial charge in [0.2, 0.25) is 0 Å². The predicted octanol–water partition coefficient (Wildman–Crippen LogP) is 3.53. The Bertz CT molecular complexity index is 350. The van der Waals surface area contributed by atoms with Crippen LogP contribution in [0.1, 0.15) is 30.9 Å². The lowest BCUT2D eigenvalue weighted by atomic mass is 9.89. The van der Waals surface area contributed by atoms with Crippen LogP contribution in [0.25, 0.3) is 0 Å². The summed E-state index contributed by atoms with van der Waals surface area (Å²) in [6.45, 7) is 1.86. The van der Waals surface area contributed by atoms with Gasteiger partial charge < -0.3 is 10.1 Å². The molecule has 94 valence electrons. The van der Waals surface area contributed by atoms with Crippen molar-refractivity contribution in [3.8, 4) is 0 Å². The SMILES string of the molecule is CNC(CC1CCOCC1)c1ccccc1Br. The molecule has 0 aliphatic carbocycles. The van der Waals surface area contributed by atoms with Gasteiger partial charge in [-0.25, -0.2) is 0 Å². The molecule has 0 radical (unpaired) electrons.